The quantitative estimate of drug-likeness (QED) is 0.860. The van der Waals surface area contributed by atoms with Gasteiger partial charge in [-0.2, -0.15) is 0 Å². The predicted octanol–water partition coefficient (Wildman–Crippen LogP) is 1.21. The van der Waals surface area contributed by atoms with E-state index in [1.165, 1.54) is 5.69 Å². The Morgan fingerprint density at radius 1 is 1.12 bits per heavy atom. The number of amides is 1. The first kappa shape index (κ1) is 17.3. The van der Waals surface area contributed by atoms with Crippen LogP contribution in [0.1, 0.15) is 5.56 Å². The second kappa shape index (κ2) is 8.03. The number of likely N-dealkylation sites (N-methyl/N-ethyl adjacent to an activating group) is 1. The Morgan fingerprint density at radius 3 is 2.48 bits per heavy atom. The number of ether oxygens (including phenoxy) is 1. The second-order valence-corrected chi connectivity index (χ2v) is 6.53. The van der Waals surface area contributed by atoms with Gasteiger partial charge in [0.05, 0.1) is 46.8 Å². The smallest absolute Gasteiger partial charge is 0.228 e. The van der Waals surface area contributed by atoms with E-state index in [-0.39, 0.29) is 5.91 Å². The molecular weight excluding hydrogens is 314 g/mol. The number of para-hydroxylation sites is 1. The standard InChI is InChI=1S/C20H25N3O2/c1-22-11-13-23(14-12-22)18-9-7-17(8-10-18)21-20(24)15-16-5-3-4-6-19(16)25-2/h3-10H,11-15H2,1-2H3,(H,21,24)/p+1. The molecule has 1 aliphatic heterocycles. The number of hydrogen-bond donors (Lipinski definition) is 2. The van der Waals surface area contributed by atoms with Gasteiger partial charge in [0.2, 0.25) is 5.91 Å². The molecule has 0 spiro atoms. The van der Waals surface area contributed by atoms with E-state index in [0.29, 0.717) is 6.42 Å². The summed E-state index contributed by atoms with van der Waals surface area (Å²) in [6.07, 6.45) is 0.299. The zero-order valence-corrected chi connectivity index (χ0v) is 14.9. The van der Waals surface area contributed by atoms with Gasteiger partial charge < -0.3 is 19.9 Å². The van der Waals surface area contributed by atoms with Gasteiger partial charge in [0.15, 0.2) is 0 Å². The minimum absolute atomic E-state index is 0.0413. The summed E-state index contributed by atoms with van der Waals surface area (Å²) in [6, 6.07) is 15.7. The first-order chi connectivity index (χ1) is 12.2. The SMILES string of the molecule is COc1ccccc1CC(=O)Nc1ccc(N2CC[NH+](C)CC2)cc1. The molecule has 1 saturated heterocycles. The van der Waals surface area contributed by atoms with Crippen LogP contribution in [0.4, 0.5) is 11.4 Å². The Kier molecular flexibility index (Phi) is 5.56. The molecule has 1 fully saturated rings. The summed E-state index contributed by atoms with van der Waals surface area (Å²) in [5, 5.41) is 2.96. The van der Waals surface area contributed by atoms with Crippen molar-refractivity contribution in [1.29, 1.82) is 0 Å². The number of carbonyl (C=O) groups is 1. The topological polar surface area (TPSA) is 46.0 Å². The predicted molar refractivity (Wildman–Crippen MR) is 101 cm³/mol. The number of carbonyl (C=O) groups excluding carboxylic acids is 1. The zero-order chi connectivity index (χ0) is 17.6. The van der Waals surface area contributed by atoms with Gasteiger partial charge in [0, 0.05) is 16.9 Å². The minimum Gasteiger partial charge on any atom is -0.496 e. The van der Waals surface area contributed by atoms with Crippen molar-refractivity contribution in [2.45, 2.75) is 6.42 Å². The Labute approximate surface area is 149 Å². The van der Waals surface area contributed by atoms with E-state index < -0.39 is 0 Å². The summed E-state index contributed by atoms with van der Waals surface area (Å²) in [7, 11) is 3.85. The molecule has 25 heavy (non-hydrogen) atoms. The number of benzene rings is 2. The zero-order valence-electron chi connectivity index (χ0n) is 14.9. The van der Waals surface area contributed by atoms with Crippen LogP contribution >= 0.6 is 0 Å². The third-order valence-electron chi connectivity index (χ3n) is 4.68. The van der Waals surface area contributed by atoms with Crippen molar-refractivity contribution in [3.05, 3.63) is 54.1 Å². The van der Waals surface area contributed by atoms with Crippen molar-refractivity contribution in [2.75, 3.05) is 50.6 Å². The molecule has 2 aromatic rings. The number of hydrogen-bond acceptors (Lipinski definition) is 3. The molecule has 0 bridgehead atoms. The summed E-state index contributed by atoms with van der Waals surface area (Å²) in [5.41, 5.74) is 2.93. The fourth-order valence-corrected chi connectivity index (χ4v) is 3.13. The molecule has 132 valence electrons. The molecule has 0 aromatic heterocycles. The normalized spacial score (nSPS) is 15.0. The molecule has 5 nitrogen and oxygen atoms in total. The summed E-state index contributed by atoms with van der Waals surface area (Å²) in [4.78, 5) is 16.3. The van der Waals surface area contributed by atoms with E-state index in [4.69, 9.17) is 4.74 Å². The van der Waals surface area contributed by atoms with Gasteiger partial charge in [0.1, 0.15) is 5.75 Å². The molecule has 1 aliphatic rings. The lowest BCUT2D eigenvalue weighted by atomic mass is 10.1. The number of piperazine rings is 1. The highest BCUT2D eigenvalue weighted by atomic mass is 16.5. The molecule has 2 aromatic carbocycles. The van der Waals surface area contributed by atoms with Gasteiger partial charge in [0.25, 0.3) is 0 Å². The lowest BCUT2D eigenvalue weighted by molar-refractivity contribution is -0.880. The lowest BCUT2D eigenvalue weighted by Gasteiger charge is -2.31. The van der Waals surface area contributed by atoms with Crippen molar-refractivity contribution in [2.24, 2.45) is 0 Å². The first-order valence-corrected chi connectivity index (χ1v) is 8.74. The van der Waals surface area contributed by atoms with Crippen LogP contribution in [0.3, 0.4) is 0 Å². The van der Waals surface area contributed by atoms with Crippen LogP contribution in [0.2, 0.25) is 0 Å². The Morgan fingerprint density at radius 2 is 1.80 bits per heavy atom. The van der Waals surface area contributed by atoms with Gasteiger partial charge in [-0.1, -0.05) is 18.2 Å². The van der Waals surface area contributed by atoms with Crippen LogP contribution in [0.25, 0.3) is 0 Å². The Balaban J connectivity index is 1.58. The van der Waals surface area contributed by atoms with E-state index >= 15 is 0 Å². The van der Waals surface area contributed by atoms with Crippen LogP contribution < -0.4 is 19.9 Å². The van der Waals surface area contributed by atoms with Crippen molar-refractivity contribution in [3.8, 4) is 5.75 Å². The summed E-state index contributed by atoms with van der Waals surface area (Å²) in [6.45, 7) is 4.48. The van der Waals surface area contributed by atoms with E-state index in [1.807, 2.05) is 36.4 Å². The third-order valence-corrected chi connectivity index (χ3v) is 4.68. The van der Waals surface area contributed by atoms with Gasteiger partial charge in [-0.05, 0) is 30.3 Å². The highest BCUT2D eigenvalue weighted by Gasteiger charge is 2.16. The van der Waals surface area contributed by atoms with Crippen LogP contribution in [-0.2, 0) is 11.2 Å². The molecule has 2 N–H and O–H groups in total. The average molecular weight is 340 g/mol. The molecule has 0 saturated carbocycles. The highest BCUT2D eigenvalue weighted by Crippen LogP contribution is 2.20. The van der Waals surface area contributed by atoms with Crippen LogP contribution in [0.15, 0.2) is 48.5 Å². The van der Waals surface area contributed by atoms with E-state index in [1.54, 1.807) is 12.0 Å². The summed E-state index contributed by atoms with van der Waals surface area (Å²) in [5.74, 6) is 0.700. The number of methoxy groups -OCH3 is 1. The molecule has 1 heterocycles. The summed E-state index contributed by atoms with van der Waals surface area (Å²) >= 11 is 0. The molecule has 0 aliphatic carbocycles. The van der Waals surface area contributed by atoms with Crippen molar-refractivity contribution in [3.63, 3.8) is 0 Å². The summed E-state index contributed by atoms with van der Waals surface area (Å²) < 4.78 is 5.30. The van der Waals surface area contributed by atoms with E-state index in [0.717, 1.165) is 43.2 Å². The maximum Gasteiger partial charge on any atom is 0.228 e. The lowest BCUT2D eigenvalue weighted by Crippen LogP contribution is -3.12. The fourth-order valence-electron chi connectivity index (χ4n) is 3.13. The average Bonchev–Trinajstić information content (AvgIpc) is 2.63. The maximum atomic E-state index is 12.3. The Hall–Kier alpha value is -2.53. The van der Waals surface area contributed by atoms with Crippen LogP contribution in [0.5, 0.6) is 5.75 Å². The maximum absolute atomic E-state index is 12.3. The van der Waals surface area contributed by atoms with Crippen molar-refractivity contribution < 1.29 is 14.4 Å². The van der Waals surface area contributed by atoms with Crippen molar-refractivity contribution >= 4 is 17.3 Å². The number of rotatable bonds is 5. The van der Waals surface area contributed by atoms with Crippen LogP contribution in [-0.4, -0.2) is 46.2 Å². The second-order valence-electron chi connectivity index (χ2n) is 6.53. The fraction of sp³-hybridized carbons (Fsp3) is 0.350. The minimum atomic E-state index is -0.0413. The number of anilines is 2. The molecule has 5 heteroatoms. The molecule has 0 radical (unpaired) electrons. The molecule has 0 atom stereocenters. The monoisotopic (exact) mass is 340 g/mol. The van der Waals surface area contributed by atoms with Crippen molar-refractivity contribution in [1.82, 2.24) is 0 Å². The van der Waals surface area contributed by atoms with Gasteiger partial charge in [-0.3, -0.25) is 4.79 Å². The molecule has 3 rings (SSSR count). The van der Waals surface area contributed by atoms with E-state index in [9.17, 15) is 4.79 Å². The van der Waals surface area contributed by atoms with Gasteiger partial charge in [-0.25, -0.2) is 0 Å². The van der Waals surface area contributed by atoms with Gasteiger partial charge in [-0.15, -0.1) is 0 Å². The number of nitrogens with one attached hydrogen (secondary N) is 2. The van der Waals surface area contributed by atoms with Gasteiger partial charge >= 0.3 is 0 Å². The molecular formula is C20H26N3O2+. The van der Waals surface area contributed by atoms with E-state index in [2.05, 4.69) is 29.4 Å². The first-order valence-electron chi connectivity index (χ1n) is 8.74. The Bertz CT molecular complexity index is 707. The highest BCUT2D eigenvalue weighted by molar-refractivity contribution is 5.92. The molecule has 1 amide bonds. The third kappa shape index (κ3) is 4.51. The number of nitrogens with zero attached hydrogens (tertiary/aromatic N) is 1. The molecule has 0 unspecified atom stereocenters. The van der Waals surface area contributed by atoms with Crippen LogP contribution in [0, 0.1) is 0 Å². The number of quaternary nitrogens is 1. The largest absolute Gasteiger partial charge is 0.496 e.